The molecule has 5 heteroatoms. The van der Waals surface area contributed by atoms with Crippen molar-refractivity contribution in [2.75, 3.05) is 18.9 Å². The molecule has 0 saturated carbocycles. The van der Waals surface area contributed by atoms with E-state index >= 15 is 0 Å². The molecule has 0 N–H and O–H groups in total. The SMILES string of the molecule is CCOc1cc(C2=NCCS2)cc(Cl)c1OCc1ccccc1C. The van der Waals surface area contributed by atoms with E-state index in [9.17, 15) is 0 Å². The van der Waals surface area contributed by atoms with Crippen LogP contribution in [0.1, 0.15) is 23.6 Å². The highest BCUT2D eigenvalue weighted by molar-refractivity contribution is 8.14. The van der Waals surface area contributed by atoms with Crippen LogP contribution in [0.15, 0.2) is 41.4 Å². The Morgan fingerprint density at radius 3 is 2.75 bits per heavy atom. The molecule has 0 unspecified atom stereocenters. The van der Waals surface area contributed by atoms with E-state index in [0.717, 1.165) is 28.5 Å². The number of aryl methyl sites for hydroxylation is 1. The Morgan fingerprint density at radius 2 is 2.04 bits per heavy atom. The molecule has 0 fully saturated rings. The van der Waals surface area contributed by atoms with Crippen LogP contribution in [0.5, 0.6) is 11.5 Å². The Bertz CT molecular complexity index is 761. The molecule has 1 heterocycles. The maximum atomic E-state index is 6.49. The second-order valence-corrected chi connectivity index (χ2v) is 6.96. The fourth-order valence-electron chi connectivity index (χ4n) is 2.53. The zero-order valence-corrected chi connectivity index (χ0v) is 15.4. The summed E-state index contributed by atoms with van der Waals surface area (Å²) in [6.07, 6.45) is 0. The predicted octanol–water partition coefficient (Wildman–Crippen LogP) is 5.12. The Hall–Kier alpha value is -1.65. The molecule has 126 valence electrons. The molecular weight excluding hydrogens is 342 g/mol. The molecule has 0 amide bonds. The molecule has 0 spiro atoms. The van der Waals surface area contributed by atoms with Gasteiger partial charge in [0.2, 0.25) is 0 Å². The quantitative estimate of drug-likeness (QED) is 0.715. The Kier molecular flexibility index (Phi) is 5.69. The average Bonchev–Trinajstić information content (AvgIpc) is 3.10. The Balaban J connectivity index is 1.87. The zero-order valence-electron chi connectivity index (χ0n) is 13.8. The van der Waals surface area contributed by atoms with Crippen molar-refractivity contribution < 1.29 is 9.47 Å². The van der Waals surface area contributed by atoms with Gasteiger partial charge in [0.05, 0.1) is 16.7 Å². The lowest BCUT2D eigenvalue weighted by atomic mass is 10.1. The number of halogens is 1. The van der Waals surface area contributed by atoms with Gasteiger partial charge in [0.15, 0.2) is 11.5 Å². The van der Waals surface area contributed by atoms with Gasteiger partial charge in [-0.3, -0.25) is 4.99 Å². The van der Waals surface area contributed by atoms with Crippen LogP contribution >= 0.6 is 23.4 Å². The topological polar surface area (TPSA) is 30.8 Å². The minimum Gasteiger partial charge on any atom is -0.490 e. The highest BCUT2D eigenvalue weighted by atomic mass is 35.5. The van der Waals surface area contributed by atoms with Gasteiger partial charge in [0, 0.05) is 17.9 Å². The van der Waals surface area contributed by atoms with E-state index in [-0.39, 0.29) is 0 Å². The molecule has 0 aliphatic carbocycles. The first kappa shape index (κ1) is 17.2. The van der Waals surface area contributed by atoms with Gasteiger partial charge in [0.25, 0.3) is 0 Å². The molecule has 2 aromatic carbocycles. The summed E-state index contributed by atoms with van der Waals surface area (Å²) >= 11 is 8.23. The Labute approximate surface area is 152 Å². The molecule has 3 rings (SSSR count). The predicted molar refractivity (Wildman–Crippen MR) is 102 cm³/mol. The monoisotopic (exact) mass is 361 g/mol. The van der Waals surface area contributed by atoms with Crippen molar-refractivity contribution in [2.45, 2.75) is 20.5 Å². The van der Waals surface area contributed by atoms with Gasteiger partial charge < -0.3 is 9.47 Å². The molecule has 0 saturated heterocycles. The number of thioether (sulfide) groups is 1. The molecular formula is C19H20ClNO2S. The smallest absolute Gasteiger partial charge is 0.180 e. The van der Waals surface area contributed by atoms with Crippen LogP contribution in [0.3, 0.4) is 0 Å². The second kappa shape index (κ2) is 7.95. The molecule has 0 radical (unpaired) electrons. The third-order valence-corrected chi connectivity index (χ3v) is 5.08. The van der Waals surface area contributed by atoms with Crippen molar-refractivity contribution >= 4 is 28.4 Å². The molecule has 3 nitrogen and oxygen atoms in total. The van der Waals surface area contributed by atoms with E-state index in [1.807, 2.05) is 31.2 Å². The van der Waals surface area contributed by atoms with Crippen LogP contribution < -0.4 is 9.47 Å². The summed E-state index contributed by atoms with van der Waals surface area (Å²) in [5.41, 5.74) is 3.32. The number of hydrogen-bond donors (Lipinski definition) is 0. The summed E-state index contributed by atoms with van der Waals surface area (Å²) in [4.78, 5) is 4.51. The van der Waals surface area contributed by atoms with Crippen LogP contribution in [0.25, 0.3) is 0 Å². The third kappa shape index (κ3) is 3.87. The third-order valence-electron chi connectivity index (χ3n) is 3.78. The van der Waals surface area contributed by atoms with Crippen LogP contribution in [-0.2, 0) is 6.61 Å². The van der Waals surface area contributed by atoms with E-state index in [1.165, 1.54) is 5.56 Å². The fourth-order valence-corrected chi connectivity index (χ4v) is 3.63. The van der Waals surface area contributed by atoms with Crippen molar-refractivity contribution in [1.29, 1.82) is 0 Å². The summed E-state index contributed by atoms with van der Waals surface area (Å²) in [7, 11) is 0. The van der Waals surface area contributed by atoms with Gasteiger partial charge in [-0.15, -0.1) is 11.8 Å². The first-order valence-electron chi connectivity index (χ1n) is 8.00. The van der Waals surface area contributed by atoms with E-state index in [0.29, 0.717) is 29.7 Å². The van der Waals surface area contributed by atoms with Gasteiger partial charge in [-0.1, -0.05) is 35.9 Å². The van der Waals surface area contributed by atoms with Gasteiger partial charge in [0.1, 0.15) is 6.61 Å². The average molecular weight is 362 g/mol. The lowest BCUT2D eigenvalue weighted by molar-refractivity contribution is 0.269. The van der Waals surface area contributed by atoms with E-state index in [2.05, 4.69) is 24.0 Å². The first-order valence-corrected chi connectivity index (χ1v) is 9.36. The normalized spacial score (nSPS) is 13.7. The van der Waals surface area contributed by atoms with Crippen LogP contribution in [0, 0.1) is 6.92 Å². The van der Waals surface area contributed by atoms with Crippen molar-refractivity contribution in [3.05, 3.63) is 58.1 Å². The highest BCUT2D eigenvalue weighted by Gasteiger charge is 2.17. The minimum atomic E-state index is 0.460. The number of rotatable bonds is 6. The van der Waals surface area contributed by atoms with Crippen LogP contribution in [-0.4, -0.2) is 23.9 Å². The van der Waals surface area contributed by atoms with E-state index < -0.39 is 0 Å². The van der Waals surface area contributed by atoms with E-state index in [1.54, 1.807) is 11.8 Å². The largest absolute Gasteiger partial charge is 0.490 e. The molecule has 2 aromatic rings. The van der Waals surface area contributed by atoms with Gasteiger partial charge in [-0.25, -0.2) is 0 Å². The molecule has 1 aliphatic heterocycles. The molecule has 1 aliphatic rings. The minimum absolute atomic E-state index is 0.460. The molecule has 0 aromatic heterocycles. The second-order valence-electron chi connectivity index (χ2n) is 5.47. The maximum absolute atomic E-state index is 6.49. The standard InChI is InChI=1S/C19H20ClNO2S/c1-3-22-17-11-15(19-21-8-9-24-19)10-16(20)18(17)23-12-14-7-5-4-6-13(14)2/h4-7,10-11H,3,8-9,12H2,1-2H3. The van der Waals surface area contributed by atoms with Crippen LogP contribution in [0.4, 0.5) is 0 Å². The summed E-state index contributed by atoms with van der Waals surface area (Å²) in [5, 5.41) is 1.57. The number of hydrogen-bond acceptors (Lipinski definition) is 4. The number of aliphatic imine (C=N–C) groups is 1. The maximum Gasteiger partial charge on any atom is 0.180 e. The van der Waals surface area contributed by atoms with Crippen molar-refractivity contribution in [3.63, 3.8) is 0 Å². The Morgan fingerprint density at radius 1 is 1.21 bits per heavy atom. The number of nitrogens with zero attached hydrogens (tertiary/aromatic N) is 1. The zero-order chi connectivity index (χ0) is 16.9. The van der Waals surface area contributed by atoms with Crippen molar-refractivity contribution in [2.24, 2.45) is 4.99 Å². The number of ether oxygens (including phenoxy) is 2. The summed E-state index contributed by atoms with van der Waals surface area (Å²) in [6, 6.07) is 12.0. The van der Waals surface area contributed by atoms with Crippen molar-refractivity contribution in [1.82, 2.24) is 0 Å². The van der Waals surface area contributed by atoms with Gasteiger partial charge in [-0.2, -0.15) is 0 Å². The van der Waals surface area contributed by atoms with E-state index in [4.69, 9.17) is 21.1 Å². The lowest BCUT2D eigenvalue weighted by Gasteiger charge is -2.16. The lowest BCUT2D eigenvalue weighted by Crippen LogP contribution is -2.03. The summed E-state index contributed by atoms with van der Waals surface area (Å²) in [6.45, 7) is 5.89. The molecule has 24 heavy (non-hydrogen) atoms. The van der Waals surface area contributed by atoms with Crippen molar-refractivity contribution in [3.8, 4) is 11.5 Å². The first-order chi connectivity index (χ1) is 11.7. The van der Waals surface area contributed by atoms with Gasteiger partial charge in [-0.05, 0) is 37.1 Å². The fraction of sp³-hybridized carbons (Fsp3) is 0.316. The summed E-state index contributed by atoms with van der Waals surface area (Å²) in [5.74, 6) is 2.28. The molecule has 0 atom stereocenters. The molecule has 0 bridgehead atoms. The van der Waals surface area contributed by atoms with Crippen LogP contribution in [0.2, 0.25) is 5.02 Å². The summed E-state index contributed by atoms with van der Waals surface area (Å²) < 4.78 is 11.8. The number of benzene rings is 2. The van der Waals surface area contributed by atoms with Gasteiger partial charge >= 0.3 is 0 Å². The highest BCUT2D eigenvalue weighted by Crippen LogP contribution is 2.38.